The minimum absolute atomic E-state index is 0. The van der Waals surface area contributed by atoms with Gasteiger partial charge in [-0.25, -0.2) is 0 Å². The maximum Gasteiger partial charge on any atom is 0.320 e. The first-order valence-electron chi connectivity index (χ1n) is 8.55. The molecular weight excluding hydrogens is 378 g/mol. The molecule has 2 rings (SSSR count). The average Bonchev–Trinajstić information content (AvgIpc) is 3.11. The molecule has 0 spiro atoms. The highest BCUT2D eigenvalue weighted by Crippen LogP contribution is 2.17. The van der Waals surface area contributed by atoms with Gasteiger partial charge in [-0.15, -0.1) is 23.7 Å². The summed E-state index contributed by atoms with van der Waals surface area (Å²) in [4.78, 5) is 40.1. The van der Waals surface area contributed by atoms with Crippen LogP contribution in [0.4, 0.5) is 0 Å². The molecular formula is C17H26ClN3O4S. The largest absolute Gasteiger partial charge is 0.480 e. The number of halogens is 1. The lowest BCUT2D eigenvalue weighted by atomic mass is 10.0. The van der Waals surface area contributed by atoms with Crippen molar-refractivity contribution in [3.8, 4) is 0 Å². The van der Waals surface area contributed by atoms with Gasteiger partial charge in [0.15, 0.2) is 0 Å². The van der Waals surface area contributed by atoms with Crippen LogP contribution in [0.2, 0.25) is 0 Å². The Morgan fingerprint density at radius 3 is 2.77 bits per heavy atom. The second kappa shape index (κ2) is 11.2. The number of likely N-dealkylation sites (tertiary alicyclic amines) is 1. The molecule has 2 amide bonds. The number of carboxylic acids is 1. The van der Waals surface area contributed by atoms with Crippen LogP contribution >= 0.6 is 23.7 Å². The lowest BCUT2D eigenvalue weighted by molar-refractivity contribution is -0.147. The topological polar surface area (TPSA) is 90.0 Å². The second-order valence-corrected chi connectivity index (χ2v) is 7.12. The Balaban J connectivity index is 0.00000338. The van der Waals surface area contributed by atoms with Gasteiger partial charge in [-0.1, -0.05) is 12.5 Å². The van der Waals surface area contributed by atoms with Gasteiger partial charge in [0, 0.05) is 11.4 Å². The summed E-state index contributed by atoms with van der Waals surface area (Å²) in [6, 6.07) is 3.26. The molecule has 1 atom stereocenters. The highest BCUT2D eigenvalue weighted by molar-refractivity contribution is 7.09. The molecule has 26 heavy (non-hydrogen) atoms. The fourth-order valence-electron chi connectivity index (χ4n) is 2.94. The van der Waals surface area contributed by atoms with Crippen molar-refractivity contribution in [1.29, 1.82) is 0 Å². The van der Waals surface area contributed by atoms with Crippen LogP contribution < -0.4 is 5.32 Å². The van der Waals surface area contributed by atoms with E-state index in [4.69, 9.17) is 0 Å². The van der Waals surface area contributed by atoms with Crippen LogP contribution in [-0.2, 0) is 20.9 Å². The van der Waals surface area contributed by atoms with Gasteiger partial charge in [-0.05, 0) is 37.8 Å². The maximum absolute atomic E-state index is 12.5. The molecule has 0 radical (unpaired) electrons. The van der Waals surface area contributed by atoms with E-state index >= 15 is 0 Å². The zero-order valence-corrected chi connectivity index (χ0v) is 16.5. The van der Waals surface area contributed by atoms with Gasteiger partial charge >= 0.3 is 5.97 Å². The van der Waals surface area contributed by atoms with E-state index in [-0.39, 0.29) is 37.3 Å². The minimum Gasteiger partial charge on any atom is -0.480 e. The van der Waals surface area contributed by atoms with Crippen LogP contribution in [0.1, 0.15) is 31.1 Å². The number of hydrogen-bond acceptors (Lipinski definition) is 5. The fourth-order valence-corrected chi connectivity index (χ4v) is 3.58. The molecule has 0 bridgehead atoms. The maximum atomic E-state index is 12.5. The highest BCUT2D eigenvalue weighted by Gasteiger charge is 2.30. The third-order valence-electron chi connectivity index (χ3n) is 4.35. The number of rotatable bonds is 8. The zero-order valence-electron chi connectivity index (χ0n) is 14.8. The number of likely N-dealkylation sites (N-methyl/N-ethyl adjacent to an activating group) is 1. The number of carboxylic acid groups (broad SMARTS) is 1. The van der Waals surface area contributed by atoms with Gasteiger partial charge in [-0.2, -0.15) is 0 Å². The molecule has 146 valence electrons. The summed E-state index contributed by atoms with van der Waals surface area (Å²) < 4.78 is 0. The predicted molar refractivity (Wildman–Crippen MR) is 103 cm³/mol. The lowest BCUT2D eigenvalue weighted by Crippen LogP contribution is -2.51. The first-order valence-corrected chi connectivity index (χ1v) is 9.43. The number of thiophene rings is 1. The Hall–Kier alpha value is -1.64. The van der Waals surface area contributed by atoms with E-state index in [0.29, 0.717) is 26.1 Å². The van der Waals surface area contributed by atoms with E-state index in [9.17, 15) is 19.5 Å². The third kappa shape index (κ3) is 6.59. The Morgan fingerprint density at radius 1 is 1.38 bits per heavy atom. The summed E-state index contributed by atoms with van der Waals surface area (Å²) in [6.45, 7) is 3.32. The van der Waals surface area contributed by atoms with Crippen molar-refractivity contribution >= 4 is 41.5 Å². The first-order chi connectivity index (χ1) is 12.0. The molecule has 2 heterocycles. The molecule has 1 aliphatic heterocycles. The van der Waals surface area contributed by atoms with Crippen LogP contribution in [0.5, 0.6) is 0 Å². The molecule has 0 aromatic carbocycles. The van der Waals surface area contributed by atoms with Crippen LogP contribution in [-0.4, -0.2) is 64.9 Å². The molecule has 1 saturated heterocycles. The summed E-state index contributed by atoms with van der Waals surface area (Å²) in [5.41, 5.74) is 0. The van der Waals surface area contributed by atoms with Gasteiger partial charge in [0.25, 0.3) is 0 Å². The molecule has 1 aliphatic rings. The Morgan fingerprint density at radius 2 is 2.15 bits per heavy atom. The number of carbonyl (C=O) groups excluding carboxylic acids is 2. The number of hydrogen-bond donors (Lipinski definition) is 2. The van der Waals surface area contributed by atoms with Crippen molar-refractivity contribution in [2.75, 3.05) is 26.2 Å². The van der Waals surface area contributed by atoms with Crippen molar-refractivity contribution < 1.29 is 19.5 Å². The molecule has 1 fully saturated rings. The lowest BCUT2D eigenvalue weighted by Gasteiger charge is -2.33. The van der Waals surface area contributed by atoms with Gasteiger partial charge in [0.05, 0.1) is 19.6 Å². The predicted octanol–water partition coefficient (Wildman–Crippen LogP) is 1.57. The third-order valence-corrected chi connectivity index (χ3v) is 5.22. The molecule has 0 aliphatic carbocycles. The Kier molecular flexibility index (Phi) is 9.61. The van der Waals surface area contributed by atoms with Crippen molar-refractivity contribution in [1.82, 2.24) is 15.1 Å². The molecule has 1 unspecified atom stereocenters. The first kappa shape index (κ1) is 22.4. The Bertz CT molecular complexity index is 597. The summed E-state index contributed by atoms with van der Waals surface area (Å²) in [7, 11) is 0. The highest BCUT2D eigenvalue weighted by atomic mass is 35.5. The smallest absolute Gasteiger partial charge is 0.320 e. The fraction of sp³-hybridized carbons (Fsp3) is 0.588. The van der Waals surface area contributed by atoms with Gasteiger partial charge < -0.3 is 15.3 Å². The molecule has 7 nitrogen and oxygen atoms in total. The molecule has 2 N–H and O–H groups in total. The summed E-state index contributed by atoms with van der Waals surface area (Å²) in [5, 5.41) is 14.0. The Labute approximate surface area is 163 Å². The molecule has 1 aromatic heterocycles. The van der Waals surface area contributed by atoms with E-state index in [0.717, 1.165) is 17.7 Å². The number of piperidine rings is 1. The van der Waals surface area contributed by atoms with E-state index in [1.807, 2.05) is 24.4 Å². The van der Waals surface area contributed by atoms with Crippen molar-refractivity contribution in [2.45, 2.75) is 38.8 Å². The van der Waals surface area contributed by atoms with E-state index in [1.54, 1.807) is 16.2 Å². The normalized spacial score (nSPS) is 17.2. The SMILES string of the molecule is CCN(CC(=O)NCc1cccs1)C(=O)CN1CCCCC1C(=O)O.Cl. The summed E-state index contributed by atoms with van der Waals surface area (Å²) >= 11 is 1.56. The van der Waals surface area contributed by atoms with Gasteiger partial charge in [-0.3, -0.25) is 19.3 Å². The van der Waals surface area contributed by atoms with Crippen molar-refractivity contribution in [2.24, 2.45) is 0 Å². The molecule has 0 saturated carbocycles. The number of aliphatic carboxylic acids is 1. The van der Waals surface area contributed by atoms with E-state index < -0.39 is 12.0 Å². The van der Waals surface area contributed by atoms with E-state index in [1.165, 1.54) is 4.90 Å². The van der Waals surface area contributed by atoms with E-state index in [2.05, 4.69) is 5.32 Å². The average molecular weight is 404 g/mol. The number of nitrogens with one attached hydrogen (secondary N) is 1. The summed E-state index contributed by atoms with van der Waals surface area (Å²) in [5.74, 6) is -1.30. The van der Waals surface area contributed by atoms with Crippen LogP contribution in [0.25, 0.3) is 0 Å². The van der Waals surface area contributed by atoms with Gasteiger partial charge in [0.2, 0.25) is 11.8 Å². The number of carbonyl (C=O) groups is 3. The number of nitrogens with zero attached hydrogens (tertiary/aromatic N) is 2. The molecule has 9 heteroatoms. The van der Waals surface area contributed by atoms with Crippen LogP contribution in [0, 0.1) is 0 Å². The molecule has 1 aromatic rings. The second-order valence-electron chi connectivity index (χ2n) is 6.08. The number of amides is 2. The summed E-state index contributed by atoms with van der Waals surface area (Å²) in [6.07, 6.45) is 2.32. The quantitative estimate of drug-likeness (QED) is 0.687. The van der Waals surface area contributed by atoms with Crippen molar-refractivity contribution in [3.05, 3.63) is 22.4 Å². The standard InChI is InChI=1S/C17H25N3O4S.ClH/c1-2-19(11-15(21)18-10-13-6-5-9-25-13)16(22)12-20-8-4-3-7-14(20)17(23)24;/h5-6,9,14H,2-4,7-8,10-12H2,1H3,(H,18,21)(H,23,24);1H. The van der Waals surface area contributed by atoms with Gasteiger partial charge in [0.1, 0.15) is 6.04 Å². The van der Waals surface area contributed by atoms with Crippen molar-refractivity contribution in [3.63, 3.8) is 0 Å². The van der Waals surface area contributed by atoms with Crippen LogP contribution in [0.15, 0.2) is 17.5 Å². The van der Waals surface area contributed by atoms with Crippen LogP contribution in [0.3, 0.4) is 0 Å². The minimum atomic E-state index is -0.885. The monoisotopic (exact) mass is 403 g/mol. The zero-order chi connectivity index (χ0) is 18.2.